The molecule has 0 atom stereocenters. The third-order valence-electron chi connectivity index (χ3n) is 2.58. The van der Waals surface area contributed by atoms with E-state index in [-0.39, 0.29) is 18.3 Å². The molecule has 1 N–H and O–H groups in total. The minimum absolute atomic E-state index is 0.0543. The van der Waals surface area contributed by atoms with E-state index in [0.29, 0.717) is 12.3 Å². The zero-order chi connectivity index (χ0) is 14.9. The molecule has 1 amide bonds. The van der Waals surface area contributed by atoms with Crippen LogP contribution in [0.15, 0.2) is 41.8 Å². The van der Waals surface area contributed by atoms with Crippen LogP contribution < -0.4 is 10.1 Å². The smallest absolute Gasteiger partial charge is 0.257 e. The van der Waals surface area contributed by atoms with E-state index in [1.165, 1.54) is 29.1 Å². The van der Waals surface area contributed by atoms with Crippen molar-refractivity contribution >= 4 is 29.0 Å². The number of amides is 1. The van der Waals surface area contributed by atoms with Gasteiger partial charge in [0.15, 0.2) is 6.61 Å². The Bertz CT molecular complexity index is 543. The Kier molecular flexibility index (Phi) is 6.56. The Morgan fingerprint density at radius 3 is 2.81 bits per heavy atom. The molecule has 21 heavy (non-hydrogen) atoms. The fraction of sp³-hybridized carbons (Fsp3) is 0.267. The minimum atomic E-state index is -0.324. The number of rotatable bonds is 8. The average Bonchev–Trinajstić information content (AvgIpc) is 2.99. The molecule has 6 heteroatoms. The van der Waals surface area contributed by atoms with Gasteiger partial charge >= 0.3 is 0 Å². The molecule has 3 nitrogen and oxygen atoms in total. The van der Waals surface area contributed by atoms with Crippen LogP contribution in [0.5, 0.6) is 5.75 Å². The summed E-state index contributed by atoms with van der Waals surface area (Å²) in [6, 6.07) is 9.74. The van der Waals surface area contributed by atoms with Crippen molar-refractivity contribution in [2.75, 3.05) is 18.9 Å². The third kappa shape index (κ3) is 6.18. The van der Waals surface area contributed by atoms with Crippen LogP contribution in [-0.2, 0) is 10.5 Å². The highest BCUT2D eigenvalue weighted by Crippen LogP contribution is 2.16. The lowest BCUT2D eigenvalue weighted by molar-refractivity contribution is -0.122. The molecular formula is C15H16FNO2S2. The fourth-order valence-electron chi connectivity index (χ4n) is 1.56. The van der Waals surface area contributed by atoms with Gasteiger partial charge in [0, 0.05) is 22.9 Å². The molecule has 0 aliphatic carbocycles. The zero-order valence-corrected chi connectivity index (χ0v) is 13.0. The average molecular weight is 325 g/mol. The van der Waals surface area contributed by atoms with Crippen molar-refractivity contribution in [2.24, 2.45) is 0 Å². The molecule has 0 fully saturated rings. The summed E-state index contributed by atoms with van der Waals surface area (Å²) in [5, 5.41) is 4.85. The van der Waals surface area contributed by atoms with Crippen LogP contribution in [0.25, 0.3) is 0 Å². The number of ether oxygens (including phenoxy) is 1. The first-order chi connectivity index (χ1) is 10.2. The first-order valence-corrected chi connectivity index (χ1v) is 8.52. The second-order valence-electron chi connectivity index (χ2n) is 4.22. The number of carbonyl (C=O) groups is 1. The van der Waals surface area contributed by atoms with E-state index in [1.807, 2.05) is 6.07 Å². The van der Waals surface area contributed by atoms with Gasteiger partial charge < -0.3 is 10.1 Å². The second kappa shape index (κ2) is 8.69. The van der Waals surface area contributed by atoms with E-state index in [9.17, 15) is 9.18 Å². The number of carbonyl (C=O) groups excluding carboxylic acids is 1. The molecule has 0 aliphatic heterocycles. The predicted molar refractivity (Wildman–Crippen MR) is 85.4 cm³/mol. The van der Waals surface area contributed by atoms with E-state index in [2.05, 4.69) is 16.8 Å². The molecule has 0 bridgehead atoms. The first kappa shape index (κ1) is 15.9. The van der Waals surface area contributed by atoms with Crippen LogP contribution >= 0.6 is 23.1 Å². The minimum Gasteiger partial charge on any atom is -0.484 e. The second-order valence-corrected chi connectivity index (χ2v) is 6.36. The van der Waals surface area contributed by atoms with Gasteiger partial charge in [0.2, 0.25) is 0 Å². The van der Waals surface area contributed by atoms with Gasteiger partial charge in [-0.05, 0) is 35.7 Å². The van der Waals surface area contributed by atoms with Gasteiger partial charge in [-0.1, -0.05) is 6.07 Å². The van der Waals surface area contributed by atoms with Crippen LogP contribution in [0, 0.1) is 5.82 Å². The molecule has 1 aromatic heterocycles. The van der Waals surface area contributed by atoms with E-state index < -0.39 is 0 Å². The van der Waals surface area contributed by atoms with Crippen molar-refractivity contribution in [3.8, 4) is 5.75 Å². The molecule has 2 rings (SSSR count). The van der Waals surface area contributed by atoms with Crippen LogP contribution in [0.4, 0.5) is 4.39 Å². The van der Waals surface area contributed by atoms with Crippen LogP contribution in [0.2, 0.25) is 0 Å². The number of nitrogens with one attached hydrogen (secondary N) is 1. The first-order valence-electron chi connectivity index (χ1n) is 6.49. The maximum atomic E-state index is 12.7. The Labute approximate surface area is 131 Å². The van der Waals surface area contributed by atoms with Crippen molar-refractivity contribution in [2.45, 2.75) is 5.75 Å². The summed E-state index contributed by atoms with van der Waals surface area (Å²) in [6.07, 6.45) is 0. The third-order valence-corrected chi connectivity index (χ3v) is 4.64. The van der Waals surface area contributed by atoms with E-state index >= 15 is 0 Å². The molecule has 0 saturated heterocycles. The Morgan fingerprint density at radius 1 is 1.29 bits per heavy atom. The molecule has 1 heterocycles. The fourth-order valence-corrected chi connectivity index (χ4v) is 3.26. The van der Waals surface area contributed by atoms with Gasteiger partial charge in [0.05, 0.1) is 0 Å². The highest BCUT2D eigenvalue weighted by Gasteiger charge is 2.02. The Morgan fingerprint density at radius 2 is 2.10 bits per heavy atom. The van der Waals surface area contributed by atoms with Gasteiger partial charge in [-0.15, -0.1) is 11.3 Å². The largest absolute Gasteiger partial charge is 0.484 e. The molecule has 0 radical (unpaired) electrons. The van der Waals surface area contributed by atoms with Crippen LogP contribution in [-0.4, -0.2) is 24.8 Å². The molecular weight excluding hydrogens is 309 g/mol. The topological polar surface area (TPSA) is 38.3 Å². The molecule has 0 unspecified atom stereocenters. The van der Waals surface area contributed by atoms with Crippen LogP contribution in [0.1, 0.15) is 4.88 Å². The van der Waals surface area contributed by atoms with Gasteiger partial charge in [-0.3, -0.25) is 4.79 Å². The summed E-state index contributed by atoms with van der Waals surface area (Å²) < 4.78 is 17.9. The predicted octanol–water partition coefficient (Wildman–Crippen LogP) is 3.32. The zero-order valence-electron chi connectivity index (χ0n) is 11.4. The number of thiophene rings is 1. The van der Waals surface area contributed by atoms with Gasteiger partial charge in [-0.25, -0.2) is 4.39 Å². The molecule has 0 aliphatic rings. The summed E-state index contributed by atoms with van der Waals surface area (Å²) in [7, 11) is 0. The number of hydrogen-bond acceptors (Lipinski definition) is 4. The molecule has 112 valence electrons. The number of benzene rings is 1. The highest BCUT2D eigenvalue weighted by atomic mass is 32.2. The SMILES string of the molecule is O=C(COc1ccc(F)cc1)NCCSCc1cccs1. The van der Waals surface area contributed by atoms with Gasteiger partial charge in [-0.2, -0.15) is 11.8 Å². The Balaban J connectivity index is 1.54. The Hall–Kier alpha value is -1.53. The maximum Gasteiger partial charge on any atom is 0.257 e. The number of halogens is 1. The lowest BCUT2D eigenvalue weighted by atomic mass is 10.3. The molecule has 0 spiro atoms. The summed E-state index contributed by atoms with van der Waals surface area (Å²) in [5.41, 5.74) is 0. The molecule has 0 saturated carbocycles. The van der Waals surface area contributed by atoms with Gasteiger partial charge in [0.25, 0.3) is 5.91 Å². The quantitative estimate of drug-likeness (QED) is 0.757. The van der Waals surface area contributed by atoms with Crippen molar-refractivity contribution in [3.63, 3.8) is 0 Å². The molecule has 2 aromatic rings. The van der Waals surface area contributed by atoms with Crippen molar-refractivity contribution in [1.29, 1.82) is 0 Å². The summed E-state index contributed by atoms with van der Waals surface area (Å²) in [5.74, 6) is 1.82. The summed E-state index contributed by atoms with van der Waals surface area (Å²) in [4.78, 5) is 12.9. The van der Waals surface area contributed by atoms with Gasteiger partial charge in [0.1, 0.15) is 11.6 Å². The number of hydrogen-bond donors (Lipinski definition) is 1. The summed E-state index contributed by atoms with van der Waals surface area (Å²) in [6.45, 7) is 0.558. The monoisotopic (exact) mass is 325 g/mol. The van der Waals surface area contributed by atoms with E-state index in [1.54, 1.807) is 23.1 Å². The van der Waals surface area contributed by atoms with Crippen molar-refractivity contribution < 1.29 is 13.9 Å². The van der Waals surface area contributed by atoms with Crippen LogP contribution in [0.3, 0.4) is 0 Å². The number of thioether (sulfide) groups is 1. The summed E-state index contributed by atoms with van der Waals surface area (Å²) >= 11 is 3.52. The molecule has 1 aromatic carbocycles. The normalized spacial score (nSPS) is 10.3. The standard InChI is InChI=1S/C15H16FNO2S2/c16-12-3-5-13(6-4-12)19-10-15(18)17-7-9-20-11-14-2-1-8-21-14/h1-6,8H,7,9-11H2,(H,17,18). The lowest BCUT2D eigenvalue weighted by Gasteiger charge is -2.07. The van der Waals surface area contributed by atoms with Crippen molar-refractivity contribution in [3.05, 3.63) is 52.5 Å². The highest BCUT2D eigenvalue weighted by molar-refractivity contribution is 7.98. The maximum absolute atomic E-state index is 12.7. The van der Waals surface area contributed by atoms with E-state index in [4.69, 9.17) is 4.74 Å². The lowest BCUT2D eigenvalue weighted by Crippen LogP contribution is -2.30. The van der Waals surface area contributed by atoms with Crippen molar-refractivity contribution in [1.82, 2.24) is 5.32 Å². The van der Waals surface area contributed by atoms with E-state index in [0.717, 1.165) is 11.5 Å².